The van der Waals surface area contributed by atoms with Crippen molar-refractivity contribution in [2.75, 3.05) is 0 Å². The molecule has 0 heterocycles. The van der Waals surface area contributed by atoms with Crippen LogP contribution in [0.25, 0.3) is 5.57 Å². The first-order valence-corrected chi connectivity index (χ1v) is 8.83. The largest absolute Gasteiger partial charge is 3.00 e. The minimum absolute atomic E-state index is 0. The van der Waals surface area contributed by atoms with E-state index < -0.39 is 0 Å². The van der Waals surface area contributed by atoms with E-state index in [4.69, 9.17) is 0 Å². The van der Waals surface area contributed by atoms with Crippen LogP contribution < -0.4 is 24.8 Å². The Morgan fingerprint density at radius 1 is 1.04 bits per heavy atom. The van der Waals surface area contributed by atoms with Crippen molar-refractivity contribution >= 4 is 5.57 Å². The van der Waals surface area contributed by atoms with Crippen LogP contribution in [0.2, 0.25) is 0 Å². The summed E-state index contributed by atoms with van der Waals surface area (Å²) in [7, 11) is 0. The second-order valence-electron chi connectivity index (χ2n) is 7.35. The molecule has 0 nitrogen and oxygen atoms in total. The zero-order valence-corrected chi connectivity index (χ0v) is 19.7. The van der Waals surface area contributed by atoms with Crippen molar-refractivity contribution in [2.24, 2.45) is 0 Å². The van der Waals surface area contributed by atoms with Crippen LogP contribution in [-0.4, -0.2) is 0 Å². The maximum absolute atomic E-state index is 2.46. The van der Waals surface area contributed by atoms with E-state index in [2.05, 4.69) is 69.3 Å². The zero-order chi connectivity index (χ0) is 16.0. The summed E-state index contributed by atoms with van der Waals surface area (Å²) in [5.41, 5.74) is 11.0. The summed E-state index contributed by atoms with van der Waals surface area (Å²) in [5.74, 6) is 0. The molecule has 0 N–H and O–H groups in total. The number of hydrogen-bond donors (Lipinski definition) is 0. The van der Waals surface area contributed by atoms with Crippen LogP contribution in [0, 0.1) is 13.8 Å². The summed E-state index contributed by atoms with van der Waals surface area (Å²) in [6.07, 6.45) is 11.7. The van der Waals surface area contributed by atoms with Crippen LogP contribution in [-0.2, 0) is 38.0 Å². The molecule has 0 aliphatic heterocycles. The smallest absolute Gasteiger partial charge is 1.00 e. The van der Waals surface area contributed by atoms with Gasteiger partial charge in [-0.15, -0.1) is 40.0 Å². The molecule has 3 heteroatoms. The molecular weight excluding hydrogens is 438 g/mol. The fourth-order valence-corrected chi connectivity index (χ4v) is 4.86. The van der Waals surface area contributed by atoms with E-state index in [1.54, 1.807) is 16.7 Å². The van der Waals surface area contributed by atoms with Crippen LogP contribution in [0.5, 0.6) is 0 Å². The molecule has 2 aromatic rings. The quantitative estimate of drug-likeness (QED) is 0.551. The molecule has 1 atom stereocenters. The fourth-order valence-electron chi connectivity index (χ4n) is 4.86. The number of fused-ring (bicyclic) bond motifs is 1. The van der Waals surface area contributed by atoms with E-state index in [1.165, 1.54) is 41.5 Å². The van der Waals surface area contributed by atoms with Crippen molar-refractivity contribution in [1.82, 2.24) is 0 Å². The van der Waals surface area contributed by atoms with Crippen molar-refractivity contribution in [3.8, 4) is 0 Å². The monoisotopic (exact) mass is 461 g/mol. The maximum Gasteiger partial charge on any atom is 3.00 e. The molecule has 0 aromatic heterocycles. The number of allylic oxidation sites excluding steroid dienone is 4. The van der Waals surface area contributed by atoms with Gasteiger partial charge in [-0.1, -0.05) is 63.6 Å². The summed E-state index contributed by atoms with van der Waals surface area (Å²) in [6.45, 7) is 7.12. The summed E-state index contributed by atoms with van der Waals surface area (Å²) < 4.78 is 0. The third kappa shape index (κ3) is 3.60. The minimum Gasteiger partial charge on any atom is -1.00 e. The van der Waals surface area contributed by atoms with Gasteiger partial charge in [0, 0.05) is 0 Å². The minimum atomic E-state index is 0. The van der Waals surface area contributed by atoms with Gasteiger partial charge >= 0.3 is 26.2 Å². The van der Waals surface area contributed by atoms with E-state index in [0.717, 1.165) is 6.42 Å². The topological polar surface area (TPSA) is 0 Å². The number of hydrogen-bond acceptors (Lipinski definition) is 0. The average molecular weight is 464 g/mol. The standard InChI is InChI=1S/C23H25.2ClH.Zr/c1-16-17(2)22-20(21(16)18-10-7-8-11-18)14-9-15-23(22,3)19-12-5-4-6-13-19;;;/h4-8,10,12-13H,9,11,14-15H2,1-3H3;2*1H;/q-1;;;+3/p-2. The van der Waals surface area contributed by atoms with Crippen molar-refractivity contribution in [3.63, 3.8) is 0 Å². The molecule has 1 unspecified atom stereocenters. The van der Waals surface area contributed by atoms with E-state index in [0.29, 0.717) is 0 Å². The molecule has 4 rings (SSSR count). The fraction of sp³-hybridized carbons (Fsp3) is 0.348. The summed E-state index contributed by atoms with van der Waals surface area (Å²) in [5, 5.41) is 0. The van der Waals surface area contributed by atoms with E-state index in [-0.39, 0.29) is 56.4 Å². The van der Waals surface area contributed by atoms with Crippen LogP contribution in [0.15, 0.2) is 48.6 Å². The van der Waals surface area contributed by atoms with E-state index >= 15 is 0 Å². The Bertz CT molecular complexity index is 814. The van der Waals surface area contributed by atoms with Gasteiger partial charge in [-0.05, 0) is 30.2 Å². The molecular formula is C23H25Cl2Zr. The number of benzene rings is 1. The maximum atomic E-state index is 2.46. The second kappa shape index (κ2) is 9.14. The zero-order valence-electron chi connectivity index (χ0n) is 15.7. The van der Waals surface area contributed by atoms with Gasteiger partial charge in [-0.2, -0.15) is 5.56 Å². The van der Waals surface area contributed by atoms with E-state index in [1.807, 2.05) is 0 Å². The third-order valence-corrected chi connectivity index (χ3v) is 6.07. The molecule has 0 saturated carbocycles. The van der Waals surface area contributed by atoms with Gasteiger partial charge in [0.2, 0.25) is 0 Å². The predicted molar refractivity (Wildman–Crippen MR) is 99.1 cm³/mol. The summed E-state index contributed by atoms with van der Waals surface area (Å²) >= 11 is 0. The normalized spacial score (nSPS) is 20.3. The second-order valence-corrected chi connectivity index (χ2v) is 7.35. The van der Waals surface area contributed by atoms with Crippen molar-refractivity contribution in [3.05, 3.63) is 81.9 Å². The molecule has 2 aliphatic carbocycles. The average Bonchev–Trinajstić information content (AvgIpc) is 3.17. The summed E-state index contributed by atoms with van der Waals surface area (Å²) in [4.78, 5) is 0. The van der Waals surface area contributed by atoms with Crippen molar-refractivity contribution in [1.29, 1.82) is 0 Å². The van der Waals surface area contributed by atoms with Gasteiger partial charge in [-0.25, -0.2) is 0 Å². The third-order valence-electron chi connectivity index (χ3n) is 6.07. The Kier molecular flexibility index (Phi) is 8.28. The summed E-state index contributed by atoms with van der Waals surface area (Å²) in [6, 6.07) is 11.1. The molecule has 135 valence electrons. The van der Waals surface area contributed by atoms with Gasteiger partial charge in [0.1, 0.15) is 0 Å². The van der Waals surface area contributed by atoms with Gasteiger partial charge in [0.05, 0.1) is 0 Å². The Hall–Kier alpha value is -0.487. The molecule has 2 aliphatic rings. The van der Waals surface area contributed by atoms with E-state index in [9.17, 15) is 0 Å². The van der Waals surface area contributed by atoms with Gasteiger partial charge in [0.15, 0.2) is 0 Å². The Morgan fingerprint density at radius 2 is 1.73 bits per heavy atom. The van der Waals surface area contributed by atoms with Crippen LogP contribution in [0.4, 0.5) is 0 Å². The van der Waals surface area contributed by atoms with Crippen LogP contribution >= 0.6 is 0 Å². The molecule has 1 radical (unpaired) electrons. The van der Waals surface area contributed by atoms with Crippen molar-refractivity contribution < 1.29 is 51.0 Å². The first kappa shape index (κ1) is 23.6. The Labute approximate surface area is 189 Å². The molecule has 0 fully saturated rings. The first-order valence-electron chi connectivity index (χ1n) is 8.83. The van der Waals surface area contributed by atoms with Crippen LogP contribution in [0.1, 0.15) is 59.6 Å². The van der Waals surface area contributed by atoms with Gasteiger partial charge < -0.3 is 24.8 Å². The molecule has 0 amide bonds. The molecule has 2 aromatic carbocycles. The Balaban J connectivity index is 0.00000113. The van der Waals surface area contributed by atoms with Gasteiger partial charge in [0.25, 0.3) is 0 Å². The Morgan fingerprint density at radius 3 is 2.35 bits per heavy atom. The first-order chi connectivity index (χ1) is 11.1. The van der Waals surface area contributed by atoms with Gasteiger partial charge in [-0.3, -0.25) is 0 Å². The van der Waals surface area contributed by atoms with Crippen molar-refractivity contribution in [2.45, 2.75) is 51.9 Å². The molecule has 0 spiro atoms. The number of rotatable bonds is 2. The molecule has 26 heavy (non-hydrogen) atoms. The predicted octanol–water partition coefficient (Wildman–Crippen LogP) is 0.0134. The molecule has 0 saturated heterocycles. The number of halogens is 2. The SMILES string of the molecule is Cc1c2c([c-](C3=CC=CC3)c1C)CCCC2(C)c1ccccc1.[Cl-].[Cl-].[Zr+3]. The van der Waals surface area contributed by atoms with Crippen LogP contribution in [0.3, 0.4) is 0 Å². The molecule has 0 bridgehead atoms.